The molecule has 2 aliphatic heterocycles. The highest BCUT2D eigenvalue weighted by Crippen LogP contribution is 2.36. The Balaban J connectivity index is 1.25. The number of benzene rings is 2. The number of hydrogen-bond donors (Lipinski definition) is 1. The van der Waals surface area contributed by atoms with Gasteiger partial charge in [-0.1, -0.05) is 30.3 Å². The van der Waals surface area contributed by atoms with Gasteiger partial charge in [-0.15, -0.1) is 5.10 Å². The minimum Gasteiger partial charge on any atom is -0.378 e. The van der Waals surface area contributed by atoms with Gasteiger partial charge in [-0.05, 0) is 42.7 Å². The van der Waals surface area contributed by atoms with Crippen molar-refractivity contribution in [2.24, 2.45) is 0 Å². The zero-order valence-corrected chi connectivity index (χ0v) is 18.5. The van der Waals surface area contributed by atoms with E-state index < -0.39 is 0 Å². The average Bonchev–Trinajstić information content (AvgIpc) is 3.52. The van der Waals surface area contributed by atoms with E-state index in [2.05, 4.69) is 74.8 Å². The molecule has 2 aromatic carbocycles. The first-order valence-electron chi connectivity index (χ1n) is 11.6. The Morgan fingerprint density at radius 1 is 0.939 bits per heavy atom. The van der Waals surface area contributed by atoms with Gasteiger partial charge in [-0.25, -0.2) is 9.50 Å². The Labute approximate surface area is 192 Å². The summed E-state index contributed by atoms with van der Waals surface area (Å²) in [5.41, 5.74) is 4.25. The molecule has 0 spiro atoms. The maximum Gasteiger partial charge on any atom is 0.247 e. The first-order valence-corrected chi connectivity index (χ1v) is 11.6. The Morgan fingerprint density at radius 3 is 2.58 bits per heavy atom. The van der Waals surface area contributed by atoms with Gasteiger partial charge in [0.1, 0.15) is 0 Å². The number of morpholine rings is 1. The minimum absolute atomic E-state index is 0.311. The third-order valence-electron chi connectivity index (χ3n) is 6.44. The molecule has 0 saturated carbocycles. The summed E-state index contributed by atoms with van der Waals surface area (Å²) in [6.45, 7) is 4.38. The van der Waals surface area contributed by atoms with Crippen LogP contribution in [0.4, 0.5) is 23.1 Å². The van der Waals surface area contributed by atoms with Gasteiger partial charge in [-0.2, -0.15) is 4.98 Å². The van der Waals surface area contributed by atoms with E-state index in [1.165, 1.54) is 11.3 Å². The van der Waals surface area contributed by atoms with Crippen LogP contribution in [0.3, 0.4) is 0 Å². The van der Waals surface area contributed by atoms with E-state index in [-0.39, 0.29) is 0 Å². The molecule has 0 bridgehead atoms. The zero-order chi connectivity index (χ0) is 22.0. The van der Waals surface area contributed by atoms with Crippen molar-refractivity contribution in [1.29, 1.82) is 0 Å². The molecule has 4 heterocycles. The number of rotatable bonds is 5. The van der Waals surface area contributed by atoms with Crippen molar-refractivity contribution in [3.05, 3.63) is 72.6 Å². The number of nitrogens with zero attached hydrogens (tertiary/aromatic N) is 6. The molecule has 8 heteroatoms. The van der Waals surface area contributed by atoms with E-state index in [0.717, 1.165) is 62.8 Å². The minimum atomic E-state index is 0.311. The third kappa shape index (κ3) is 3.98. The van der Waals surface area contributed by atoms with Crippen molar-refractivity contribution < 1.29 is 4.74 Å². The van der Waals surface area contributed by atoms with Crippen molar-refractivity contribution in [2.45, 2.75) is 18.9 Å². The number of hydrogen-bond acceptors (Lipinski definition) is 7. The molecule has 1 atom stereocenters. The number of ether oxygens (including phenoxy) is 1. The lowest BCUT2D eigenvalue weighted by atomic mass is 10.0. The quantitative estimate of drug-likeness (QED) is 0.501. The molecule has 168 valence electrons. The largest absolute Gasteiger partial charge is 0.378 e. The van der Waals surface area contributed by atoms with Crippen molar-refractivity contribution in [1.82, 2.24) is 19.6 Å². The van der Waals surface area contributed by atoms with Crippen LogP contribution in [-0.4, -0.2) is 52.4 Å². The fraction of sp³-hybridized carbons (Fsp3) is 0.320. The summed E-state index contributed by atoms with van der Waals surface area (Å²) >= 11 is 0. The molecule has 1 N–H and O–H groups in total. The molecule has 1 unspecified atom stereocenters. The molecular weight excluding hydrogens is 414 g/mol. The second kappa shape index (κ2) is 8.71. The summed E-state index contributed by atoms with van der Waals surface area (Å²) in [6, 6.07) is 19.4. The van der Waals surface area contributed by atoms with Gasteiger partial charge in [0, 0.05) is 43.4 Å². The fourth-order valence-electron chi connectivity index (χ4n) is 4.81. The first kappa shape index (κ1) is 20.0. The van der Waals surface area contributed by atoms with Gasteiger partial charge < -0.3 is 19.9 Å². The van der Waals surface area contributed by atoms with E-state index >= 15 is 0 Å². The Bertz CT molecular complexity index is 1220. The van der Waals surface area contributed by atoms with Crippen LogP contribution in [0.15, 0.2) is 67.0 Å². The van der Waals surface area contributed by atoms with Gasteiger partial charge in [-0.3, -0.25) is 0 Å². The molecule has 33 heavy (non-hydrogen) atoms. The van der Waals surface area contributed by atoms with Crippen LogP contribution in [0.25, 0.3) is 5.65 Å². The van der Waals surface area contributed by atoms with E-state index in [0.29, 0.717) is 12.0 Å². The number of fused-ring (bicyclic) bond motifs is 1. The normalized spacial score (nSPS) is 18.7. The highest BCUT2D eigenvalue weighted by Gasteiger charge is 2.29. The molecule has 4 aromatic rings. The lowest BCUT2D eigenvalue weighted by molar-refractivity contribution is 0.122. The van der Waals surface area contributed by atoms with Crippen LogP contribution < -0.4 is 15.1 Å². The monoisotopic (exact) mass is 441 g/mol. The van der Waals surface area contributed by atoms with Crippen LogP contribution in [0, 0.1) is 0 Å². The predicted octanol–water partition coefficient (Wildman–Crippen LogP) is 4.05. The Hall–Kier alpha value is -3.65. The first-order chi connectivity index (χ1) is 16.3. The molecular formula is C25H27N7O. The summed E-state index contributed by atoms with van der Waals surface area (Å²) in [4.78, 5) is 14.2. The van der Waals surface area contributed by atoms with E-state index in [4.69, 9.17) is 14.7 Å². The highest BCUT2D eigenvalue weighted by atomic mass is 16.5. The van der Waals surface area contributed by atoms with Gasteiger partial charge in [0.15, 0.2) is 11.5 Å². The summed E-state index contributed by atoms with van der Waals surface area (Å²) in [5.74, 6) is 1.45. The van der Waals surface area contributed by atoms with Crippen LogP contribution in [-0.2, 0) is 4.74 Å². The maximum absolute atomic E-state index is 5.45. The van der Waals surface area contributed by atoms with Crippen LogP contribution in [0.5, 0.6) is 0 Å². The van der Waals surface area contributed by atoms with Crippen molar-refractivity contribution in [2.75, 3.05) is 48.0 Å². The van der Waals surface area contributed by atoms with Crippen LogP contribution in [0.2, 0.25) is 0 Å². The third-order valence-corrected chi connectivity index (χ3v) is 6.44. The second-order valence-electron chi connectivity index (χ2n) is 8.49. The van der Waals surface area contributed by atoms with Gasteiger partial charge in [0.25, 0.3) is 0 Å². The average molecular weight is 442 g/mol. The molecule has 2 fully saturated rings. The topological polar surface area (TPSA) is 70.8 Å². The van der Waals surface area contributed by atoms with Crippen molar-refractivity contribution >= 4 is 28.8 Å². The summed E-state index contributed by atoms with van der Waals surface area (Å²) in [7, 11) is 0. The fourth-order valence-corrected chi connectivity index (χ4v) is 4.81. The van der Waals surface area contributed by atoms with E-state index in [9.17, 15) is 0 Å². The zero-order valence-electron chi connectivity index (χ0n) is 18.5. The number of nitrogens with one attached hydrogen (secondary N) is 1. The Morgan fingerprint density at radius 2 is 1.76 bits per heavy atom. The maximum atomic E-state index is 5.45. The molecule has 6 rings (SSSR count). The van der Waals surface area contributed by atoms with Crippen molar-refractivity contribution in [3.8, 4) is 0 Å². The smallest absolute Gasteiger partial charge is 0.247 e. The van der Waals surface area contributed by atoms with Crippen LogP contribution in [0.1, 0.15) is 24.4 Å². The van der Waals surface area contributed by atoms with Crippen molar-refractivity contribution in [3.63, 3.8) is 0 Å². The lowest BCUT2D eigenvalue weighted by Gasteiger charge is -2.28. The summed E-state index contributed by atoms with van der Waals surface area (Å²) in [6.07, 6.45) is 5.91. The molecule has 8 nitrogen and oxygen atoms in total. The number of aromatic nitrogens is 4. The van der Waals surface area contributed by atoms with Gasteiger partial charge >= 0.3 is 0 Å². The molecule has 0 radical (unpaired) electrons. The summed E-state index contributed by atoms with van der Waals surface area (Å²) in [5, 5.41) is 8.00. The van der Waals surface area contributed by atoms with E-state index in [1.54, 1.807) is 6.20 Å². The standard InChI is InChI=1S/C25H27N7O/c1-2-5-19(6-3-1)22-7-4-13-31(22)23-24-28-25(29-32(24)14-12-26-23)27-20-8-10-21(11-9-20)30-15-17-33-18-16-30/h1-3,5-6,8-12,14,22H,4,7,13,15-18H2,(H,27,29). The summed E-state index contributed by atoms with van der Waals surface area (Å²) < 4.78 is 7.26. The molecule has 0 aliphatic carbocycles. The van der Waals surface area contributed by atoms with Crippen LogP contribution >= 0.6 is 0 Å². The van der Waals surface area contributed by atoms with E-state index in [1.807, 2.05) is 10.7 Å². The predicted molar refractivity (Wildman–Crippen MR) is 129 cm³/mol. The molecule has 2 saturated heterocycles. The lowest BCUT2D eigenvalue weighted by Crippen LogP contribution is -2.36. The molecule has 2 aromatic heterocycles. The second-order valence-corrected chi connectivity index (χ2v) is 8.49. The highest BCUT2D eigenvalue weighted by molar-refractivity contribution is 5.68. The number of anilines is 4. The molecule has 2 aliphatic rings. The SMILES string of the molecule is c1ccc(C2CCCN2c2nccn3nc(Nc4ccc(N5CCOCC5)cc4)nc23)cc1. The molecule has 0 amide bonds. The van der Waals surface area contributed by atoms with Gasteiger partial charge in [0.05, 0.1) is 19.3 Å². The van der Waals surface area contributed by atoms with Gasteiger partial charge in [0.2, 0.25) is 5.95 Å². The Kier molecular flexibility index (Phi) is 5.28.